The maximum Gasteiger partial charge on any atom is 0.246 e. The molecule has 3 aliphatic heterocycles. The molecule has 0 aliphatic carbocycles. The first-order valence-electron chi connectivity index (χ1n) is 12.6. The minimum atomic E-state index is -0.509. The molecule has 4 heterocycles. The van der Waals surface area contributed by atoms with E-state index < -0.39 is 5.82 Å². The van der Waals surface area contributed by atoms with Gasteiger partial charge in [-0.3, -0.25) is 9.69 Å². The molecule has 0 unspecified atom stereocenters. The second-order valence-corrected chi connectivity index (χ2v) is 9.83. The summed E-state index contributed by atoms with van der Waals surface area (Å²) in [6.07, 6.45) is 6.69. The molecule has 2 saturated heterocycles. The van der Waals surface area contributed by atoms with E-state index in [0.29, 0.717) is 19.0 Å². The van der Waals surface area contributed by atoms with Crippen LogP contribution in [-0.2, 0) is 17.9 Å². The van der Waals surface area contributed by atoms with Crippen LogP contribution < -0.4 is 16.0 Å². The number of fused-ring (bicyclic) bond motifs is 1. The van der Waals surface area contributed by atoms with Gasteiger partial charge in [-0.25, -0.2) is 9.37 Å². The Hall–Kier alpha value is -3.04. The second kappa shape index (κ2) is 10.7. The van der Waals surface area contributed by atoms with Crippen LogP contribution in [0.4, 0.5) is 21.8 Å². The van der Waals surface area contributed by atoms with Gasteiger partial charge in [0.05, 0.1) is 6.20 Å². The molecule has 3 N–H and O–H groups in total. The van der Waals surface area contributed by atoms with Crippen molar-refractivity contribution in [1.29, 1.82) is 0 Å². The van der Waals surface area contributed by atoms with Crippen LogP contribution in [-0.4, -0.2) is 64.4 Å². The van der Waals surface area contributed by atoms with Gasteiger partial charge in [0.1, 0.15) is 0 Å². The fourth-order valence-corrected chi connectivity index (χ4v) is 5.38. The lowest BCUT2D eigenvalue weighted by Gasteiger charge is -2.32. The molecule has 0 radical (unpaired) electrons. The van der Waals surface area contributed by atoms with Gasteiger partial charge in [0.25, 0.3) is 0 Å². The van der Waals surface area contributed by atoms with Gasteiger partial charge in [0, 0.05) is 44.5 Å². The molecule has 8 nitrogen and oxygen atoms in total. The van der Waals surface area contributed by atoms with Crippen molar-refractivity contribution in [2.45, 2.75) is 44.8 Å². The lowest BCUT2D eigenvalue weighted by molar-refractivity contribution is -0.127. The second-order valence-electron chi connectivity index (χ2n) is 9.83. The topological polar surface area (TPSA) is 85.4 Å². The van der Waals surface area contributed by atoms with Gasteiger partial charge < -0.3 is 20.9 Å². The maximum atomic E-state index is 14.5. The van der Waals surface area contributed by atoms with Crippen molar-refractivity contribution in [2.24, 2.45) is 5.92 Å². The number of amides is 1. The van der Waals surface area contributed by atoms with Crippen LogP contribution in [0.5, 0.6) is 0 Å². The van der Waals surface area contributed by atoms with Gasteiger partial charge in [-0.2, -0.15) is 4.98 Å². The van der Waals surface area contributed by atoms with Crippen molar-refractivity contribution < 1.29 is 9.18 Å². The molecule has 0 spiro atoms. The summed E-state index contributed by atoms with van der Waals surface area (Å²) < 4.78 is 14.5. The van der Waals surface area contributed by atoms with Crippen molar-refractivity contribution in [3.8, 4) is 0 Å². The molecular weight excluding hydrogens is 445 g/mol. The number of anilines is 3. The molecule has 186 valence electrons. The smallest absolute Gasteiger partial charge is 0.246 e. The molecule has 1 amide bonds. The molecule has 1 aromatic carbocycles. The highest BCUT2D eigenvalue weighted by atomic mass is 19.1. The SMILES string of the molecule is C=CC(=O)N1CCC[C@@H](Nc2nc(Nc3ccc4c(c3)CN(CC3CCNCC3)C4)ncc2F)C1. The minimum Gasteiger partial charge on any atom is -0.363 e. The summed E-state index contributed by atoms with van der Waals surface area (Å²) in [6.45, 7) is 10.1. The van der Waals surface area contributed by atoms with E-state index in [0.717, 1.165) is 57.2 Å². The van der Waals surface area contributed by atoms with Crippen molar-refractivity contribution in [3.63, 3.8) is 0 Å². The number of benzene rings is 1. The standard InChI is InChI=1S/C26H34FN7O/c1-2-24(35)34-11-3-4-22(17-34)30-25-23(27)13-29-26(32-25)31-21-6-5-19-15-33(16-20(19)12-21)14-18-7-9-28-10-8-18/h2,5-6,12-13,18,22,28H,1,3-4,7-11,14-17H2,(H2,29,30,31,32)/t22-/m1/s1. The normalized spacial score (nSPS) is 20.9. The quantitative estimate of drug-likeness (QED) is 0.526. The molecule has 0 saturated carbocycles. The van der Waals surface area contributed by atoms with E-state index in [1.165, 1.54) is 36.2 Å². The average Bonchev–Trinajstić information content (AvgIpc) is 3.28. The van der Waals surface area contributed by atoms with Crippen LogP contribution >= 0.6 is 0 Å². The molecule has 1 aromatic heterocycles. The van der Waals surface area contributed by atoms with Crippen molar-refractivity contribution in [3.05, 3.63) is 54.0 Å². The zero-order chi connectivity index (χ0) is 24.2. The van der Waals surface area contributed by atoms with E-state index >= 15 is 0 Å². The minimum absolute atomic E-state index is 0.0733. The number of hydrogen-bond donors (Lipinski definition) is 3. The van der Waals surface area contributed by atoms with Gasteiger partial charge in [-0.1, -0.05) is 12.6 Å². The monoisotopic (exact) mass is 479 g/mol. The third-order valence-electron chi connectivity index (χ3n) is 7.22. The molecule has 9 heteroatoms. The Morgan fingerprint density at radius 2 is 2.06 bits per heavy atom. The predicted molar refractivity (Wildman–Crippen MR) is 135 cm³/mol. The largest absolute Gasteiger partial charge is 0.363 e. The summed E-state index contributed by atoms with van der Waals surface area (Å²) in [5, 5.41) is 9.84. The highest BCUT2D eigenvalue weighted by molar-refractivity contribution is 5.87. The summed E-state index contributed by atoms with van der Waals surface area (Å²) in [7, 11) is 0. The lowest BCUT2D eigenvalue weighted by Crippen LogP contribution is -2.44. The molecule has 0 bridgehead atoms. The Bertz CT molecular complexity index is 1070. The zero-order valence-corrected chi connectivity index (χ0v) is 20.1. The van der Waals surface area contributed by atoms with E-state index in [-0.39, 0.29) is 17.8 Å². The van der Waals surface area contributed by atoms with Crippen LogP contribution in [0.25, 0.3) is 0 Å². The van der Waals surface area contributed by atoms with Crippen molar-refractivity contribution >= 4 is 23.4 Å². The third-order valence-corrected chi connectivity index (χ3v) is 7.22. The number of nitrogens with one attached hydrogen (secondary N) is 3. The van der Waals surface area contributed by atoms with Gasteiger partial charge in [0.2, 0.25) is 11.9 Å². The Morgan fingerprint density at radius 3 is 2.89 bits per heavy atom. The van der Waals surface area contributed by atoms with Crippen molar-refractivity contribution in [2.75, 3.05) is 43.4 Å². The summed E-state index contributed by atoms with van der Waals surface area (Å²) in [5.41, 5.74) is 3.58. The van der Waals surface area contributed by atoms with Gasteiger partial charge in [-0.05, 0) is 74.0 Å². The van der Waals surface area contributed by atoms with Crippen LogP contribution in [0.1, 0.15) is 36.8 Å². The van der Waals surface area contributed by atoms with Gasteiger partial charge in [-0.15, -0.1) is 0 Å². The molecule has 2 fully saturated rings. The number of carbonyl (C=O) groups excluding carboxylic acids is 1. The van der Waals surface area contributed by atoms with E-state index in [1.807, 2.05) is 6.07 Å². The summed E-state index contributed by atoms with van der Waals surface area (Å²) in [5.74, 6) is 0.647. The highest BCUT2D eigenvalue weighted by Crippen LogP contribution is 2.29. The number of halogens is 1. The zero-order valence-electron chi connectivity index (χ0n) is 20.1. The Kier molecular flexibility index (Phi) is 7.24. The van der Waals surface area contributed by atoms with E-state index in [2.05, 4.69) is 49.5 Å². The predicted octanol–water partition coefficient (Wildman–Crippen LogP) is 3.26. The lowest BCUT2D eigenvalue weighted by atomic mass is 9.98. The summed E-state index contributed by atoms with van der Waals surface area (Å²) in [6, 6.07) is 6.27. The van der Waals surface area contributed by atoms with Crippen LogP contribution in [0.3, 0.4) is 0 Å². The first-order valence-corrected chi connectivity index (χ1v) is 12.6. The average molecular weight is 480 g/mol. The number of carbonyl (C=O) groups is 1. The molecule has 35 heavy (non-hydrogen) atoms. The molecule has 3 aliphatic rings. The van der Waals surface area contributed by atoms with Crippen LogP contribution in [0.2, 0.25) is 0 Å². The molecule has 1 atom stereocenters. The molecular formula is C26H34FN7O. The van der Waals surface area contributed by atoms with Crippen LogP contribution in [0.15, 0.2) is 37.1 Å². The molecule has 2 aromatic rings. The van der Waals surface area contributed by atoms with Crippen LogP contribution in [0, 0.1) is 11.7 Å². The highest BCUT2D eigenvalue weighted by Gasteiger charge is 2.25. The van der Waals surface area contributed by atoms with Gasteiger partial charge >= 0.3 is 0 Å². The summed E-state index contributed by atoms with van der Waals surface area (Å²) >= 11 is 0. The number of hydrogen-bond acceptors (Lipinski definition) is 7. The Labute approximate surface area is 206 Å². The number of rotatable bonds is 7. The molecule has 5 rings (SSSR count). The number of piperidine rings is 2. The number of aromatic nitrogens is 2. The van der Waals surface area contributed by atoms with E-state index in [4.69, 9.17) is 0 Å². The first-order chi connectivity index (χ1) is 17.1. The van der Waals surface area contributed by atoms with E-state index in [1.54, 1.807) is 4.90 Å². The maximum absolute atomic E-state index is 14.5. The third kappa shape index (κ3) is 5.79. The van der Waals surface area contributed by atoms with Gasteiger partial charge in [0.15, 0.2) is 11.6 Å². The fraction of sp³-hybridized carbons (Fsp3) is 0.500. The van der Waals surface area contributed by atoms with E-state index in [9.17, 15) is 9.18 Å². The number of likely N-dealkylation sites (tertiary alicyclic amines) is 1. The summed E-state index contributed by atoms with van der Waals surface area (Å²) in [4.78, 5) is 24.7. The Balaban J connectivity index is 1.21. The Morgan fingerprint density at radius 1 is 1.23 bits per heavy atom. The van der Waals surface area contributed by atoms with Crippen molar-refractivity contribution in [1.82, 2.24) is 25.1 Å². The number of nitrogens with zero attached hydrogens (tertiary/aromatic N) is 4. The first kappa shape index (κ1) is 23.7. The fourth-order valence-electron chi connectivity index (χ4n) is 5.38.